The van der Waals surface area contributed by atoms with Gasteiger partial charge in [-0.1, -0.05) is 18.6 Å². The number of rotatable bonds is 4. The molecule has 0 fully saturated rings. The molecule has 0 bridgehead atoms. The molecule has 0 spiro atoms. The third kappa shape index (κ3) is 5.83. The fourth-order valence-corrected chi connectivity index (χ4v) is 0.844. The highest BCUT2D eigenvalue weighted by Gasteiger charge is 1.94. The van der Waals surface area contributed by atoms with Crippen LogP contribution in [0.3, 0.4) is 0 Å². The summed E-state index contributed by atoms with van der Waals surface area (Å²) in [5.41, 5.74) is 1.41. The second kappa shape index (κ2) is 5.48. The highest BCUT2D eigenvalue weighted by Crippen LogP contribution is 1.96. The van der Waals surface area contributed by atoms with E-state index >= 15 is 0 Å². The van der Waals surface area contributed by atoms with E-state index in [0.717, 1.165) is 13.0 Å². The highest BCUT2D eigenvalue weighted by atomic mass is 14.9. The summed E-state index contributed by atoms with van der Waals surface area (Å²) in [6.45, 7) is 9.69. The van der Waals surface area contributed by atoms with Gasteiger partial charge in [0, 0.05) is 6.04 Å². The molecule has 0 saturated carbocycles. The lowest BCUT2D eigenvalue weighted by atomic mass is 10.2. The summed E-state index contributed by atoms with van der Waals surface area (Å²) >= 11 is 0. The van der Waals surface area contributed by atoms with Crippen molar-refractivity contribution in [3.63, 3.8) is 0 Å². The first-order valence-electron chi connectivity index (χ1n) is 4.03. The van der Waals surface area contributed by atoms with Crippen molar-refractivity contribution in [1.82, 2.24) is 5.32 Å². The molecule has 0 saturated heterocycles. The summed E-state index contributed by atoms with van der Waals surface area (Å²) in [6.07, 6.45) is 3.42. The standard InChI is InChI=1S/C9H19N/c1-5-10-9(4)7-6-8(2)3/h6,9-10H,5,7H2,1-4H3. The van der Waals surface area contributed by atoms with Crippen molar-refractivity contribution < 1.29 is 0 Å². The van der Waals surface area contributed by atoms with Crippen molar-refractivity contribution in [2.24, 2.45) is 0 Å². The van der Waals surface area contributed by atoms with E-state index in [-0.39, 0.29) is 0 Å². The second-order valence-corrected chi connectivity index (χ2v) is 2.98. The maximum Gasteiger partial charge on any atom is 0.00732 e. The van der Waals surface area contributed by atoms with Crippen LogP contribution in [0.2, 0.25) is 0 Å². The quantitative estimate of drug-likeness (QED) is 0.592. The zero-order chi connectivity index (χ0) is 7.98. The van der Waals surface area contributed by atoms with Gasteiger partial charge in [0.15, 0.2) is 0 Å². The Kier molecular flexibility index (Phi) is 5.32. The van der Waals surface area contributed by atoms with Crippen LogP contribution in [0, 0.1) is 0 Å². The first-order valence-corrected chi connectivity index (χ1v) is 4.03. The van der Waals surface area contributed by atoms with Gasteiger partial charge in [0.2, 0.25) is 0 Å². The Balaban J connectivity index is 3.38. The van der Waals surface area contributed by atoms with E-state index in [1.807, 2.05) is 0 Å². The van der Waals surface area contributed by atoms with Gasteiger partial charge in [-0.05, 0) is 33.7 Å². The van der Waals surface area contributed by atoms with E-state index in [2.05, 4.69) is 39.1 Å². The smallest absolute Gasteiger partial charge is 0.00732 e. The summed E-state index contributed by atoms with van der Waals surface area (Å²) in [7, 11) is 0. The van der Waals surface area contributed by atoms with Gasteiger partial charge in [-0.15, -0.1) is 0 Å². The summed E-state index contributed by atoms with van der Waals surface area (Å²) < 4.78 is 0. The van der Waals surface area contributed by atoms with Crippen molar-refractivity contribution in [2.75, 3.05) is 6.54 Å². The van der Waals surface area contributed by atoms with Crippen LogP contribution < -0.4 is 5.32 Å². The Morgan fingerprint density at radius 1 is 1.50 bits per heavy atom. The van der Waals surface area contributed by atoms with Crippen LogP contribution in [-0.2, 0) is 0 Å². The third-order valence-electron chi connectivity index (χ3n) is 1.43. The topological polar surface area (TPSA) is 12.0 Å². The Hall–Kier alpha value is -0.300. The summed E-state index contributed by atoms with van der Waals surface area (Å²) in [4.78, 5) is 0. The largest absolute Gasteiger partial charge is 0.314 e. The maximum atomic E-state index is 3.36. The molecular weight excluding hydrogens is 122 g/mol. The van der Waals surface area contributed by atoms with Crippen molar-refractivity contribution in [1.29, 1.82) is 0 Å². The van der Waals surface area contributed by atoms with E-state index in [0.29, 0.717) is 6.04 Å². The Morgan fingerprint density at radius 3 is 2.50 bits per heavy atom. The second-order valence-electron chi connectivity index (χ2n) is 2.98. The first kappa shape index (κ1) is 9.70. The molecule has 1 N–H and O–H groups in total. The van der Waals surface area contributed by atoms with Crippen LogP contribution in [0.25, 0.3) is 0 Å². The van der Waals surface area contributed by atoms with Crippen LogP contribution in [0.1, 0.15) is 34.1 Å². The molecule has 10 heavy (non-hydrogen) atoms. The maximum absolute atomic E-state index is 3.36. The van der Waals surface area contributed by atoms with Crippen molar-refractivity contribution >= 4 is 0 Å². The van der Waals surface area contributed by atoms with E-state index < -0.39 is 0 Å². The SMILES string of the molecule is CCNC(C)CC=C(C)C. The number of allylic oxidation sites excluding steroid dienone is 1. The highest BCUT2D eigenvalue weighted by molar-refractivity contribution is 4.94. The lowest BCUT2D eigenvalue weighted by molar-refractivity contribution is 0.573. The van der Waals surface area contributed by atoms with Gasteiger partial charge < -0.3 is 5.32 Å². The lowest BCUT2D eigenvalue weighted by Gasteiger charge is -2.08. The zero-order valence-electron chi connectivity index (χ0n) is 7.57. The van der Waals surface area contributed by atoms with Gasteiger partial charge in [0.05, 0.1) is 0 Å². The van der Waals surface area contributed by atoms with Crippen molar-refractivity contribution in [2.45, 2.75) is 40.2 Å². The monoisotopic (exact) mass is 141 g/mol. The van der Waals surface area contributed by atoms with Crippen molar-refractivity contribution in [3.8, 4) is 0 Å². The first-order chi connectivity index (χ1) is 4.66. The van der Waals surface area contributed by atoms with Gasteiger partial charge in [0.1, 0.15) is 0 Å². The minimum absolute atomic E-state index is 0.625. The van der Waals surface area contributed by atoms with E-state index in [4.69, 9.17) is 0 Å². The van der Waals surface area contributed by atoms with Crippen LogP contribution in [0.15, 0.2) is 11.6 Å². The van der Waals surface area contributed by atoms with Gasteiger partial charge in [-0.3, -0.25) is 0 Å². The Labute approximate surface area is 64.5 Å². The lowest BCUT2D eigenvalue weighted by Crippen LogP contribution is -2.24. The molecule has 1 unspecified atom stereocenters. The van der Waals surface area contributed by atoms with Gasteiger partial charge >= 0.3 is 0 Å². The van der Waals surface area contributed by atoms with E-state index in [9.17, 15) is 0 Å². The van der Waals surface area contributed by atoms with Crippen LogP contribution in [-0.4, -0.2) is 12.6 Å². The van der Waals surface area contributed by atoms with Crippen LogP contribution >= 0.6 is 0 Å². The molecule has 0 aromatic heterocycles. The van der Waals surface area contributed by atoms with Crippen LogP contribution in [0.4, 0.5) is 0 Å². The fraction of sp³-hybridized carbons (Fsp3) is 0.778. The molecular formula is C9H19N. The van der Waals surface area contributed by atoms with Crippen LogP contribution in [0.5, 0.6) is 0 Å². The number of hydrogen-bond acceptors (Lipinski definition) is 1. The molecule has 1 heteroatoms. The normalized spacial score (nSPS) is 12.8. The molecule has 0 aliphatic heterocycles. The predicted molar refractivity (Wildman–Crippen MR) is 47.2 cm³/mol. The van der Waals surface area contributed by atoms with Gasteiger partial charge in [-0.25, -0.2) is 0 Å². The molecule has 0 rings (SSSR count). The van der Waals surface area contributed by atoms with Gasteiger partial charge in [-0.2, -0.15) is 0 Å². The molecule has 0 amide bonds. The van der Waals surface area contributed by atoms with E-state index in [1.165, 1.54) is 5.57 Å². The minimum atomic E-state index is 0.625. The molecule has 1 atom stereocenters. The number of nitrogens with one attached hydrogen (secondary N) is 1. The molecule has 60 valence electrons. The van der Waals surface area contributed by atoms with Crippen molar-refractivity contribution in [3.05, 3.63) is 11.6 Å². The fourth-order valence-electron chi connectivity index (χ4n) is 0.844. The number of hydrogen-bond donors (Lipinski definition) is 1. The molecule has 0 radical (unpaired) electrons. The third-order valence-corrected chi connectivity index (χ3v) is 1.43. The Bertz CT molecular complexity index is 101. The van der Waals surface area contributed by atoms with Gasteiger partial charge in [0.25, 0.3) is 0 Å². The Morgan fingerprint density at radius 2 is 2.10 bits per heavy atom. The molecule has 1 nitrogen and oxygen atoms in total. The van der Waals surface area contributed by atoms with E-state index in [1.54, 1.807) is 0 Å². The molecule has 0 aromatic rings. The zero-order valence-corrected chi connectivity index (χ0v) is 7.57. The molecule has 0 heterocycles. The average molecular weight is 141 g/mol. The minimum Gasteiger partial charge on any atom is -0.314 e. The summed E-state index contributed by atoms with van der Waals surface area (Å²) in [6, 6.07) is 0.625. The molecule has 0 aliphatic carbocycles. The predicted octanol–water partition coefficient (Wildman–Crippen LogP) is 2.34. The molecule has 0 aliphatic rings. The average Bonchev–Trinajstić information content (AvgIpc) is 1.85. The summed E-state index contributed by atoms with van der Waals surface area (Å²) in [5.74, 6) is 0. The molecule has 0 aromatic carbocycles. The summed E-state index contributed by atoms with van der Waals surface area (Å²) in [5, 5.41) is 3.36.